The molecule has 1 aliphatic heterocycles. The van der Waals surface area contributed by atoms with Gasteiger partial charge in [0.2, 0.25) is 11.8 Å². The number of aromatic nitrogens is 1. The molecule has 0 radical (unpaired) electrons. The number of hydrogen-bond acceptors (Lipinski definition) is 9. The van der Waals surface area contributed by atoms with Crippen LogP contribution in [-0.4, -0.2) is 118 Å². The molecule has 1 aromatic carbocycles. The molecule has 0 spiro atoms. The molecule has 56 heavy (non-hydrogen) atoms. The van der Waals surface area contributed by atoms with E-state index in [-0.39, 0.29) is 55.2 Å². The number of benzene rings is 1. The van der Waals surface area contributed by atoms with Crippen LogP contribution >= 0.6 is 0 Å². The maximum absolute atomic E-state index is 14.4. The Labute approximate surface area is 333 Å². The first-order chi connectivity index (χ1) is 26.3. The molecule has 5 N–H and O–H groups in total. The molecular formula is C42H67N7O7. The number of hydrogen-bond donors (Lipinski definition) is 5. The quantitative estimate of drug-likeness (QED) is 0.116. The van der Waals surface area contributed by atoms with Crippen molar-refractivity contribution in [1.82, 2.24) is 35.9 Å². The fraction of sp³-hybridized carbons (Fsp3) is 0.643. The standard InChI is InChI=1S/C42H67N7O7/c1-10-29(2)37(49-22-21-47(40(49)55)26-33-18-14-17-32(44-33)23-30(3)50)38(53)45-34(24-31-15-12-11-13-16-31)35(51)27-48(20-19-41(4,5)6)46-36(52)25-42(7,8)28-43-39(54)56-9/h11-18,29-30,34-35,37,50-51H,10,19-28H2,1-9H3,(H,43,54)(H,45,53)(H,46,52). The van der Waals surface area contributed by atoms with E-state index in [1.165, 1.54) is 7.11 Å². The average molecular weight is 782 g/mol. The van der Waals surface area contributed by atoms with Crippen LogP contribution in [0.3, 0.4) is 0 Å². The van der Waals surface area contributed by atoms with Gasteiger partial charge < -0.3 is 35.4 Å². The van der Waals surface area contributed by atoms with Crippen LogP contribution in [-0.2, 0) is 33.7 Å². The molecule has 2 heterocycles. The highest BCUT2D eigenvalue weighted by Crippen LogP contribution is 2.24. The van der Waals surface area contributed by atoms with E-state index in [4.69, 9.17) is 0 Å². The van der Waals surface area contributed by atoms with Gasteiger partial charge in [-0.25, -0.2) is 14.6 Å². The summed E-state index contributed by atoms with van der Waals surface area (Å²) in [6, 6.07) is 13.4. The number of methoxy groups -OCH3 is 1. The first kappa shape index (κ1) is 46.1. The number of carbonyl (C=O) groups is 4. The van der Waals surface area contributed by atoms with Crippen molar-refractivity contribution in [3.8, 4) is 0 Å². The van der Waals surface area contributed by atoms with Crippen molar-refractivity contribution in [1.29, 1.82) is 0 Å². The molecule has 0 saturated carbocycles. The summed E-state index contributed by atoms with van der Waals surface area (Å²) in [6.45, 7) is 17.5. The zero-order valence-corrected chi connectivity index (χ0v) is 35.0. The Hall–Kier alpha value is -4.27. The first-order valence-corrected chi connectivity index (χ1v) is 19.9. The highest BCUT2D eigenvalue weighted by Gasteiger charge is 2.41. The minimum Gasteiger partial charge on any atom is -0.453 e. The second-order valence-electron chi connectivity index (χ2n) is 17.3. The van der Waals surface area contributed by atoms with Crippen molar-refractivity contribution in [3.05, 3.63) is 65.5 Å². The Kier molecular flexibility index (Phi) is 17.5. The fourth-order valence-corrected chi connectivity index (χ4v) is 6.70. The summed E-state index contributed by atoms with van der Waals surface area (Å²) in [5, 5.41) is 29.3. The zero-order chi connectivity index (χ0) is 41.6. The van der Waals surface area contributed by atoms with Crippen molar-refractivity contribution >= 4 is 23.9 Å². The van der Waals surface area contributed by atoms with E-state index in [0.717, 1.165) is 11.3 Å². The number of nitrogens with one attached hydrogen (secondary N) is 3. The number of aliphatic hydroxyl groups excluding tert-OH is 2. The summed E-state index contributed by atoms with van der Waals surface area (Å²) < 4.78 is 4.68. The van der Waals surface area contributed by atoms with Gasteiger partial charge in [0, 0.05) is 51.3 Å². The maximum atomic E-state index is 14.4. The largest absolute Gasteiger partial charge is 0.453 e. The van der Waals surface area contributed by atoms with Gasteiger partial charge >= 0.3 is 12.1 Å². The highest BCUT2D eigenvalue weighted by molar-refractivity contribution is 5.88. The second-order valence-corrected chi connectivity index (χ2v) is 17.3. The van der Waals surface area contributed by atoms with Gasteiger partial charge in [0.25, 0.3) is 0 Å². The Morgan fingerprint density at radius 2 is 1.64 bits per heavy atom. The van der Waals surface area contributed by atoms with Gasteiger partial charge in [0.15, 0.2) is 0 Å². The number of amides is 5. The lowest BCUT2D eigenvalue weighted by Crippen LogP contribution is -2.58. The van der Waals surface area contributed by atoms with E-state index < -0.39 is 35.8 Å². The molecule has 0 bridgehead atoms. The molecule has 1 fully saturated rings. The summed E-state index contributed by atoms with van der Waals surface area (Å²) in [6.07, 6.45) is -0.0119. The Morgan fingerprint density at radius 3 is 2.27 bits per heavy atom. The van der Waals surface area contributed by atoms with Crippen LogP contribution in [0.4, 0.5) is 9.59 Å². The van der Waals surface area contributed by atoms with E-state index in [9.17, 15) is 29.4 Å². The molecular weight excluding hydrogens is 715 g/mol. The molecule has 14 nitrogen and oxygen atoms in total. The van der Waals surface area contributed by atoms with Crippen molar-refractivity contribution < 1.29 is 34.1 Å². The molecule has 3 rings (SSSR count). The van der Waals surface area contributed by atoms with Crippen LogP contribution in [0.1, 0.15) is 91.6 Å². The van der Waals surface area contributed by atoms with Crippen LogP contribution in [0.25, 0.3) is 0 Å². The number of aliphatic hydroxyl groups is 2. The number of rotatable bonds is 21. The van der Waals surface area contributed by atoms with E-state index in [0.29, 0.717) is 51.0 Å². The number of carbonyl (C=O) groups excluding carboxylic acids is 4. The third kappa shape index (κ3) is 15.3. The van der Waals surface area contributed by atoms with Crippen molar-refractivity contribution in [3.63, 3.8) is 0 Å². The van der Waals surface area contributed by atoms with Crippen LogP contribution in [0.5, 0.6) is 0 Å². The predicted molar refractivity (Wildman–Crippen MR) is 216 cm³/mol. The van der Waals surface area contributed by atoms with E-state index in [2.05, 4.69) is 46.6 Å². The number of alkyl carbamates (subject to hydrolysis) is 1. The minimum atomic E-state index is -1.10. The monoisotopic (exact) mass is 782 g/mol. The molecule has 14 heteroatoms. The lowest BCUT2D eigenvalue weighted by Gasteiger charge is -2.35. The van der Waals surface area contributed by atoms with Gasteiger partial charge in [-0.2, -0.15) is 0 Å². The van der Waals surface area contributed by atoms with Crippen LogP contribution in [0, 0.1) is 16.7 Å². The molecule has 2 aromatic rings. The lowest BCUT2D eigenvalue weighted by molar-refractivity contribution is -0.131. The molecule has 1 aromatic heterocycles. The number of hydrazine groups is 1. The summed E-state index contributed by atoms with van der Waals surface area (Å²) in [7, 11) is 1.28. The lowest BCUT2D eigenvalue weighted by atomic mass is 9.89. The SMILES string of the molecule is CCC(C)C(C(=O)NC(Cc1ccccc1)C(O)CN(CCC(C)(C)C)NC(=O)CC(C)(C)CNC(=O)OC)N1CCN(Cc2cccc(CC(C)O)n2)C1=O. The average Bonchev–Trinajstić information content (AvgIpc) is 3.47. The van der Waals surface area contributed by atoms with Crippen molar-refractivity contribution in [2.45, 2.75) is 118 Å². The maximum Gasteiger partial charge on any atom is 0.406 e. The smallest absolute Gasteiger partial charge is 0.406 e. The third-order valence-corrected chi connectivity index (χ3v) is 10.1. The summed E-state index contributed by atoms with van der Waals surface area (Å²) in [5.74, 6) is -0.803. The molecule has 1 aliphatic rings. The van der Waals surface area contributed by atoms with E-state index in [1.807, 2.05) is 76.2 Å². The first-order valence-electron chi connectivity index (χ1n) is 19.9. The molecule has 5 atom stereocenters. The number of nitrogens with zero attached hydrogens (tertiary/aromatic N) is 4. The van der Waals surface area contributed by atoms with Crippen LogP contribution in [0.15, 0.2) is 48.5 Å². The van der Waals surface area contributed by atoms with Gasteiger partial charge in [0.1, 0.15) is 6.04 Å². The molecule has 1 saturated heterocycles. The van der Waals surface area contributed by atoms with Gasteiger partial charge in [-0.3, -0.25) is 20.0 Å². The van der Waals surface area contributed by atoms with Gasteiger partial charge in [0.05, 0.1) is 37.6 Å². The summed E-state index contributed by atoms with van der Waals surface area (Å²) in [4.78, 5) is 61.4. The number of pyridine rings is 1. The van der Waals surface area contributed by atoms with Gasteiger partial charge in [-0.15, -0.1) is 0 Å². The number of ether oxygens (including phenoxy) is 1. The van der Waals surface area contributed by atoms with Gasteiger partial charge in [-0.05, 0) is 54.2 Å². The number of urea groups is 1. The fourth-order valence-electron chi connectivity index (χ4n) is 6.70. The summed E-state index contributed by atoms with van der Waals surface area (Å²) >= 11 is 0. The second kappa shape index (κ2) is 21.3. The van der Waals surface area contributed by atoms with E-state index in [1.54, 1.807) is 21.7 Å². The predicted octanol–water partition coefficient (Wildman–Crippen LogP) is 4.29. The van der Waals surface area contributed by atoms with Crippen LogP contribution < -0.4 is 16.1 Å². The van der Waals surface area contributed by atoms with Crippen molar-refractivity contribution in [2.75, 3.05) is 39.8 Å². The molecule has 5 unspecified atom stereocenters. The van der Waals surface area contributed by atoms with Crippen LogP contribution in [0.2, 0.25) is 0 Å². The Balaban J connectivity index is 1.82. The normalized spacial score (nSPS) is 16.2. The van der Waals surface area contributed by atoms with Crippen molar-refractivity contribution in [2.24, 2.45) is 16.7 Å². The molecule has 0 aliphatic carbocycles. The molecule has 312 valence electrons. The molecule has 5 amide bonds. The van der Waals surface area contributed by atoms with Gasteiger partial charge in [-0.1, -0.05) is 91.3 Å². The Bertz CT molecular complexity index is 1570. The topological polar surface area (TPSA) is 177 Å². The minimum absolute atomic E-state index is 0.0337. The zero-order valence-electron chi connectivity index (χ0n) is 35.0. The third-order valence-electron chi connectivity index (χ3n) is 10.1. The summed E-state index contributed by atoms with van der Waals surface area (Å²) in [5.41, 5.74) is 4.71. The highest BCUT2D eigenvalue weighted by atomic mass is 16.5. The van der Waals surface area contributed by atoms with E-state index >= 15 is 0 Å². The Morgan fingerprint density at radius 1 is 0.964 bits per heavy atom.